The van der Waals surface area contributed by atoms with Gasteiger partial charge in [-0.25, -0.2) is 0 Å². The highest BCUT2D eigenvalue weighted by molar-refractivity contribution is 7.98. The molecule has 3 unspecified atom stereocenters. The van der Waals surface area contributed by atoms with E-state index in [1.807, 2.05) is 0 Å². The molecular formula is C12H20N2S. The summed E-state index contributed by atoms with van der Waals surface area (Å²) in [6.07, 6.45) is 8.27. The molecule has 2 fully saturated rings. The van der Waals surface area contributed by atoms with Gasteiger partial charge in [-0.2, -0.15) is 5.26 Å². The van der Waals surface area contributed by atoms with Crippen molar-refractivity contribution < 1.29 is 0 Å². The third kappa shape index (κ3) is 2.68. The Bertz CT molecular complexity index is 242. The molecule has 0 amide bonds. The second-order valence-corrected chi connectivity index (χ2v) is 6.03. The highest BCUT2D eigenvalue weighted by Gasteiger charge is 2.35. The van der Waals surface area contributed by atoms with Crippen LogP contribution in [0.2, 0.25) is 0 Å². The summed E-state index contributed by atoms with van der Waals surface area (Å²) in [5, 5.41) is 9.67. The molecule has 1 aliphatic carbocycles. The highest BCUT2D eigenvalue weighted by Crippen LogP contribution is 2.37. The lowest BCUT2D eigenvalue weighted by Gasteiger charge is -2.24. The molecular weight excluding hydrogens is 204 g/mol. The molecule has 0 radical (unpaired) electrons. The van der Waals surface area contributed by atoms with Crippen molar-refractivity contribution in [2.75, 3.05) is 0 Å². The number of nitrogens with one attached hydrogen (secondary N) is 1. The first-order valence-corrected chi connectivity index (χ1v) is 7.00. The van der Waals surface area contributed by atoms with E-state index in [1.54, 1.807) is 11.9 Å². The second kappa shape index (κ2) is 5.23. The molecule has 1 saturated carbocycles. The third-order valence-electron chi connectivity index (χ3n) is 3.78. The molecule has 2 aliphatic rings. The van der Waals surface area contributed by atoms with Gasteiger partial charge in [0.15, 0.2) is 0 Å². The summed E-state index contributed by atoms with van der Waals surface area (Å²) in [4.78, 5) is 0. The molecule has 84 valence electrons. The van der Waals surface area contributed by atoms with Crippen molar-refractivity contribution in [1.29, 1.82) is 5.26 Å². The lowest BCUT2D eigenvalue weighted by molar-refractivity contribution is 0.323. The predicted molar refractivity (Wildman–Crippen MR) is 64.3 cm³/mol. The summed E-state index contributed by atoms with van der Waals surface area (Å²) < 4.78 is 3.35. The Balaban J connectivity index is 1.86. The van der Waals surface area contributed by atoms with Crippen LogP contribution in [0, 0.1) is 23.2 Å². The second-order valence-electron chi connectivity index (χ2n) is 4.96. The van der Waals surface area contributed by atoms with Crippen molar-refractivity contribution in [3.8, 4) is 6.07 Å². The van der Waals surface area contributed by atoms with Crippen molar-refractivity contribution in [2.45, 2.75) is 56.7 Å². The van der Waals surface area contributed by atoms with Crippen LogP contribution in [-0.4, -0.2) is 11.3 Å². The van der Waals surface area contributed by atoms with E-state index in [0.29, 0.717) is 11.3 Å². The zero-order valence-electron chi connectivity index (χ0n) is 9.41. The Hall–Kier alpha value is -0.200. The molecule has 0 bridgehead atoms. The first kappa shape index (κ1) is 11.3. The van der Waals surface area contributed by atoms with Crippen LogP contribution in [-0.2, 0) is 0 Å². The quantitative estimate of drug-likeness (QED) is 0.732. The van der Waals surface area contributed by atoms with E-state index >= 15 is 0 Å². The Morgan fingerprint density at radius 3 is 2.73 bits per heavy atom. The predicted octanol–water partition coefficient (Wildman–Crippen LogP) is 3.11. The third-order valence-corrected chi connectivity index (χ3v) is 5.08. The lowest BCUT2D eigenvalue weighted by Crippen LogP contribution is -2.24. The number of hydrogen-bond acceptors (Lipinski definition) is 3. The Kier molecular flexibility index (Phi) is 3.93. The van der Waals surface area contributed by atoms with Crippen LogP contribution in [0.5, 0.6) is 0 Å². The van der Waals surface area contributed by atoms with Crippen LogP contribution >= 0.6 is 11.9 Å². The molecule has 3 heteroatoms. The van der Waals surface area contributed by atoms with Gasteiger partial charge >= 0.3 is 0 Å². The van der Waals surface area contributed by atoms with Crippen molar-refractivity contribution in [3.05, 3.63) is 0 Å². The molecule has 2 nitrogen and oxygen atoms in total. The molecule has 0 aromatic rings. The van der Waals surface area contributed by atoms with E-state index in [-0.39, 0.29) is 5.92 Å². The summed E-state index contributed by atoms with van der Waals surface area (Å²) in [5.74, 6) is 1.11. The van der Waals surface area contributed by atoms with Gasteiger partial charge in [-0.3, -0.25) is 4.72 Å². The van der Waals surface area contributed by atoms with Crippen molar-refractivity contribution >= 4 is 11.9 Å². The SMILES string of the molecule is CC1NSC(CC2CCCCC2)C1C#N. The van der Waals surface area contributed by atoms with Crippen LogP contribution in [0.25, 0.3) is 0 Å². The zero-order valence-corrected chi connectivity index (χ0v) is 10.2. The summed E-state index contributed by atoms with van der Waals surface area (Å²) >= 11 is 1.80. The van der Waals surface area contributed by atoms with Gasteiger partial charge in [0.25, 0.3) is 0 Å². The van der Waals surface area contributed by atoms with E-state index < -0.39 is 0 Å². The van der Waals surface area contributed by atoms with Gasteiger partial charge in [0, 0.05) is 11.3 Å². The smallest absolute Gasteiger partial charge is 0.0754 e. The lowest BCUT2D eigenvalue weighted by atomic mass is 9.83. The Labute approximate surface area is 96.9 Å². The van der Waals surface area contributed by atoms with Crippen LogP contribution < -0.4 is 4.72 Å². The zero-order chi connectivity index (χ0) is 10.7. The molecule has 1 aliphatic heterocycles. The molecule has 3 atom stereocenters. The maximum atomic E-state index is 9.13. The molecule has 0 spiro atoms. The Morgan fingerprint density at radius 2 is 2.07 bits per heavy atom. The molecule has 1 saturated heterocycles. The van der Waals surface area contributed by atoms with E-state index in [1.165, 1.54) is 38.5 Å². The minimum Gasteiger partial charge on any atom is -0.260 e. The fourth-order valence-corrected chi connectivity index (χ4v) is 4.15. The Morgan fingerprint density at radius 1 is 1.33 bits per heavy atom. The summed E-state index contributed by atoms with van der Waals surface area (Å²) in [6, 6.07) is 2.84. The fourth-order valence-electron chi connectivity index (χ4n) is 2.80. The van der Waals surface area contributed by atoms with Crippen molar-refractivity contribution in [1.82, 2.24) is 4.72 Å². The number of nitriles is 1. The summed E-state index contributed by atoms with van der Waals surface area (Å²) in [7, 11) is 0. The molecule has 2 rings (SSSR count). The maximum absolute atomic E-state index is 9.13. The monoisotopic (exact) mass is 224 g/mol. The normalized spacial score (nSPS) is 37.7. The van der Waals surface area contributed by atoms with Crippen LogP contribution in [0.3, 0.4) is 0 Å². The van der Waals surface area contributed by atoms with Crippen LogP contribution in [0.4, 0.5) is 0 Å². The van der Waals surface area contributed by atoms with Gasteiger partial charge in [0.1, 0.15) is 0 Å². The van der Waals surface area contributed by atoms with Crippen LogP contribution in [0.1, 0.15) is 45.4 Å². The van der Waals surface area contributed by atoms with Crippen molar-refractivity contribution in [2.24, 2.45) is 11.8 Å². The minimum absolute atomic E-state index is 0.219. The average Bonchev–Trinajstić information content (AvgIpc) is 2.61. The topological polar surface area (TPSA) is 35.8 Å². The number of hydrogen-bond donors (Lipinski definition) is 1. The molecule has 1 N–H and O–H groups in total. The van der Waals surface area contributed by atoms with Gasteiger partial charge in [-0.1, -0.05) is 44.1 Å². The fraction of sp³-hybridized carbons (Fsp3) is 0.917. The van der Waals surface area contributed by atoms with Gasteiger partial charge in [-0.05, 0) is 19.3 Å². The van der Waals surface area contributed by atoms with E-state index in [0.717, 1.165) is 5.92 Å². The summed E-state index contributed by atoms with van der Waals surface area (Å²) in [6.45, 7) is 2.13. The van der Waals surface area contributed by atoms with E-state index in [9.17, 15) is 0 Å². The standard InChI is InChI=1S/C12H20N2S/c1-9-11(8-13)12(15-14-9)7-10-5-3-2-4-6-10/h9-12,14H,2-7H2,1H3. The largest absolute Gasteiger partial charge is 0.260 e. The van der Waals surface area contributed by atoms with Gasteiger partial charge in [0.2, 0.25) is 0 Å². The van der Waals surface area contributed by atoms with Gasteiger partial charge in [0.05, 0.1) is 12.0 Å². The maximum Gasteiger partial charge on any atom is 0.0754 e. The highest BCUT2D eigenvalue weighted by atomic mass is 32.2. The number of rotatable bonds is 2. The van der Waals surface area contributed by atoms with Gasteiger partial charge < -0.3 is 0 Å². The average molecular weight is 224 g/mol. The number of nitrogens with zero attached hydrogens (tertiary/aromatic N) is 1. The van der Waals surface area contributed by atoms with E-state index in [4.69, 9.17) is 5.26 Å². The molecule has 0 aromatic heterocycles. The van der Waals surface area contributed by atoms with E-state index in [2.05, 4.69) is 17.7 Å². The molecule has 15 heavy (non-hydrogen) atoms. The van der Waals surface area contributed by atoms with Crippen molar-refractivity contribution in [3.63, 3.8) is 0 Å². The minimum atomic E-state index is 0.219. The van der Waals surface area contributed by atoms with Crippen LogP contribution in [0.15, 0.2) is 0 Å². The first-order chi connectivity index (χ1) is 7.31. The summed E-state index contributed by atoms with van der Waals surface area (Å²) in [5.41, 5.74) is 0. The molecule has 1 heterocycles. The molecule has 0 aromatic carbocycles. The van der Waals surface area contributed by atoms with Gasteiger partial charge in [-0.15, -0.1) is 0 Å². The first-order valence-electron chi connectivity index (χ1n) is 6.12.